The number of thioether (sulfide) groups is 1. The second-order valence-electron chi connectivity index (χ2n) is 4.24. The van der Waals surface area contributed by atoms with Gasteiger partial charge < -0.3 is 10.9 Å². The Kier molecular flexibility index (Phi) is 5.28. The third kappa shape index (κ3) is 4.65. The first-order valence-electron chi connectivity index (χ1n) is 5.38. The SMILES string of the molecule is CC(C)CSCc1cc(F)cc(/C(N)=N/O)c1. The molecule has 0 fully saturated rings. The zero-order chi connectivity index (χ0) is 12.8. The zero-order valence-corrected chi connectivity index (χ0v) is 10.8. The Bertz CT molecular complexity index is 407. The minimum absolute atomic E-state index is 0.0698. The summed E-state index contributed by atoms with van der Waals surface area (Å²) in [6, 6.07) is 4.47. The first-order valence-corrected chi connectivity index (χ1v) is 6.53. The van der Waals surface area contributed by atoms with Crippen LogP contribution >= 0.6 is 11.8 Å². The molecule has 1 aromatic rings. The Morgan fingerprint density at radius 1 is 1.47 bits per heavy atom. The first kappa shape index (κ1) is 13.8. The summed E-state index contributed by atoms with van der Waals surface area (Å²) >= 11 is 1.74. The summed E-state index contributed by atoms with van der Waals surface area (Å²) in [7, 11) is 0. The van der Waals surface area contributed by atoms with Gasteiger partial charge in [-0.25, -0.2) is 4.39 Å². The summed E-state index contributed by atoms with van der Waals surface area (Å²) in [5, 5.41) is 11.4. The van der Waals surface area contributed by atoms with Gasteiger partial charge in [-0.1, -0.05) is 19.0 Å². The standard InChI is InChI=1S/C12H17FN2OS/c1-8(2)6-17-7-9-3-10(12(14)15-16)5-11(13)4-9/h3-5,8,16H,6-7H2,1-2H3,(H2,14,15). The van der Waals surface area contributed by atoms with Crippen LogP contribution in [-0.2, 0) is 5.75 Å². The van der Waals surface area contributed by atoms with Crippen molar-refractivity contribution in [3.8, 4) is 0 Å². The van der Waals surface area contributed by atoms with Crippen molar-refractivity contribution < 1.29 is 9.60 Å². The first-order chi connectivity index (χ1) is 8.02. The molecule has 1 rings (SSSR count). The van der Waals surface area contributed by atoms with Crippen LogP contribution < -0.4 is 5.73 Å². The van der Waals surface area contributed by atoms with Gasteiger partial charge in [0.05, 0.1) is 0 Å². The molecule has 1 aromatic carbocycles. The summed E-state index contributed by atoms with van der Waals surface area (Å²) in [6.07, 6.45) is 0. The molecule has 94 valence electrons. The highest BCUT2D eigenvalue weighted by Crippen LogP contribution is 2.17. The minimum Gasteiger partial charge on any atom is -0.409 e. The van der Waals surface area contributed by atoms with Gasteiger partial charge in [0.25, 0.3) is 0 Å². The number of hydrogen-bond donors (Lipinski definition) is 2. The number of nitrogens with two attached hydrogens (primary N) is 1. The quantitative estimate of drug-likeness (QED) is 0.368. The van der Waals surface area contributed by atoms with E-state index in [1.165, 1.54) is 12.1 Å². The van der Waals surface area contributed by atoms with Gasteiger partial charge in [0.1, 0.15) is 5.82 Å². The summed E-state index contributed by atoms with van der Waals surface area (Å²) in [5.74, 6) is 1.92. The van der Waals surface area contributed by atoms with Gasteiger partial charge in [0, 0.05) is 11.3 Å². The molecule has 3 nitrogen and oxygen atoms in total. The average Bonchev–Trinajstić information content (AvgIpc) is 2.26. The number of benzene rings is 1. The van der Waals surface area contributed by atoms with E-state index in [4.69, 9.17) is 10.9 Å². The van der Waals surface area contributed by atoms with Crippen LogP contribution in [0.25, 0.3) is 0 Å². The van der Waals surface area contributed by atoms with Crippen molar-refractivity contribution >= 4 is 17.6 Å². The van der Waals surface area contributed by atoms with Gasteiger partial charge in [-0.05, 0) is 35.4 Å². The third-order valence-corrected chi connectivity index (χ3v) is 3.52. The molecule has 0 heterocycles. The van der Waals surface area contributed by atoms with Crippen molar-refractivity contribution in [2.24, 2.45) is 16.8 Å². The van der Waals surface area contributed by atoms with E-state index >= 15 is 0 Å². The van der Waals surface area contributed by atoms with Crippen LogP contribution in [0.4, 0.5) is 4.39 Å². The molecule has 17 heavy (non-hydrogen) atoms. The van der Waals surface area contributed by atoms with Crippen LogP contribution in [0.1, 0.15) is 25.0 Å². The lowest BCUT2D eigenvalue weighted by Gasteiger charge is -2.07. The van der Waals surface area contributed by atoms with Gasteiger partial charge in [-0.15, -0.1) is 0 Å². The van der Waals surface area contributed by atoms with Crippen molar-refractivity contribution in [1.82, 2.24) is 0 Å². The summed E-state index contributed by atoms with van der Waals surface area (Å²) < 4.78 is 13.3. The van der Waals surface area contributed by atoms with Crippen LogP contribution in [-0.4, -0.2) is 16.8 Å². The fraction of sp³-hybridized carbons (Fsp3) is 0.417. The van der Waals surface area contributed by atoms with Crippen molar-refractivity contribution in [2.45, 2.75) is 19.6 Å². The van der Waals surface area contributed by atoms with Crippen LogP contribution in [0.3, 0.4) is 0 Å². The Hall–Kier alpha value is -1.23. The van der Waals surface area contributed by atoms with Crippen molar-refractivity contribution in [3.05, 3.63) is 35.1 Å². The van der Waals surface area contributed by atoms with Crippen LogP contribution in [0.5, 0.6) is 0 Å². The smallest absolute Gasteiger partial charge is 0.170 e. The summed E-state index contributed by atoms with van der Waals surface area (Å²) in [6.45, 7) is 4.28. The molecular formula is C12H17FN2OS. The number of oxime groups is 1. The van der Waals surface area contributed by atoms with E-state index < -0.39 is 0 Å². The van der Waals surface area contributed by atoms with Crippen LogP contribution in [0.15, 0.2) is 23.4 Å². The highest BCUT2D eigenvalue weighted by Gasteiger charge is 2.05. The highest BCUT2D eigenvalue weighted by atomic mass is 32.2. The van der Waals surface area contributed by atoms with E-state index in [-0.39, 0.29) is 11.7 Å². The molecule has 5 heteroatoms. The predicted molar refractivity (Wildman–Crippen MR) is 69.9 cm³/mol. The van der Waals surface area contributed by atoms with Crippen LogP contribution in [0.2, 0.25) is 0 Å². The molecule has 0 saturated heterocycles. The lowest BCUT2D eigenvalue weighted by atomic mass is 10.1. The highest BCUT2D eigenvalue weighted by molar-refractivity contribution is 7.98. The van der Waals surface area contributed by atoms with E-state index in [1.54, 1.807) is 17.8 Å². The lowest BCUT2D eigenvalue weighted by molar-refractivity contribution is 0.318. The Balaban J connectivity index is 2.76. The second-order valence-corrected chi connectivity index (χ2v) is 5.27. The minimum atomic E-state index is -0.366. The summed E-state index contributed by atoms with van der Waals surface area (Å²) in [5.41, 5.74) is 6.69. The number of amidine groups is 1. The molecule has 0 spiro atoms. The zero-order valence-electron chi connectivity index (χ0n) is 9.98. The van der Waals surface area contributed by atoms with Crippen LogP contribution in [0, 0.1) is 11.7 Å². The number of rotatable bonds is 5. The number of nitrogens with zero attached hydrogens (tertiary/aromatic N) is 1. The fourth-order valence-corrected chi connectivity index (χ4v) is 2.34. The Labute approximate surface area is 105 Å². The molecule has 0 aliphatic carbocycles. The molecule has 0 amide bonds. The number of halogens is 1. The maximum atomic E-state index is 13.3. The molecule has 0 atom stereocenters. The molecular weight excluding hydrogens is 239 g/mol. The molecule has 0 bridgehead atoms. The Morgan fingerprint density at radius 3 is 2.76 bits per heavy atom. The maximum absolute atomic E-state index is 13.3. The van der Waals surface area contributed by atoms with Crippen molar-refractivity contribution in [3.63, 3.8) is 0 Å². The maximum Gasteiger partial charge on any atom is 0.170 e. The number of hydrogen-bond acceptors (Lipinski definition) is 3. The molecule has 0 unspecified atom stereocenters. The second kappa shape index (κ2) is 6.49. The van der Waals surface area contributed by atoms with E-state index in [1.807, 2.05) is 0 Å². The van der Waals surface area contributed by atoms with E-state index in [0.29, 0.717) is 11.5 Å². The summed E-state index contributed by atoms with van der Waals surface area (Å²) in [4.78, 5) is 0. The van der Waals surface area contributed by atoms with E-state index in [2.05, 4.69) is 19.0 Å². The molecule has 0 radical (unpaired) electrons. The van der Waals surface area contributed by atoms with Crippen molar-refractivity contribution in [2.75, 3.05) is 5.75 Å². The topological polar surface area (TPSA) is 58.6 Å². The van der Waals surface area contributed by atoms with Gasteiger partial charge in [-0.2, -0.15) is 11.8 Å². The fourth-order valence-electron chi connectivity index (χ4n) is 1.35. The third-order valence-electron chi connectivity index (χ3n) is 2.08. The molecule has 0 aliphatic heterocycles. The average molecular weight is 256 g/mol. The largest absolute Gasteiger partial charge is 0.409 e. The molecule has 3 N–H and O–H groups in total. The molecule has 0 saturated carbocycles. The van der Waals surface area contributed by atoms with Gasteiger partial charge in [-0.3, -0.25) is 0 Å². The van der Waals surface area contributed by atoms with Gasteiger partial charge in [0.15, 0.2) is 5.84 Å². The van der Waals surface area contributed by atoms with E-state index in [0.717, 1.165) is 17.1 Å². The predicted octanol–water partition coefficient (Wildman–Crippen LogP) is 2.81. The van der Waals surface area contributed by atoms with Crippen molar-refractivity contribution in [1.29, 1.82) is 0 Å². The van der Waals surface area contributed by atoms with Gasteiger partial charge >= 0.3 is 0 Å². The lowest BCUT2D eigenvalue weighted by Crippen LogP contribution is -2.13. The monoisotopic (exact) mass is 256 g/mol. The molecule has 0 aliphatic rings. The normalized spacial score (nSPS) is 12.1. The Morgan fingerprint density at radius 2 is 2.18 bits per heavy atom. The van der Waals surface area contributed by atoms with E-state index in [9.17, 15) is 4.39 Å². The molecule has 0 aromatic heterocycles. The van der Waals surface area contributed by atoms with Gasteiger partial charge in [0.2, 0.25) is 0 Å².